The Morgan fingerprint density at radius 3 is 2.45 bits per heavy atom. The van der Waals surface area contributed by atoms with Crippen LogP contribution < -0.4 is 5.32 Å². The van der Waals surface area contributed by atoms with Crippen LogP contribution >= 0.6 is 0 Å². The van der Waals surface area contributed by atoms with Gasteiger partial charge in [-0.25, -0.2) is 4.98 Å². The molecule has 0 spiro atoms. The summed E-state index contributed by atoms with van der Waals surface area (Å²) in [4.78, 5) is 19.4. The Balaban J connectivity index is 1.54. The van der Waals surface area contributed by atoms with Crippen molar-refractivity contribution in [1.82, 2.24) is 19.8 Å². The lowest BCUT2D eigenvalue weighted by atomic mass is 9.97. The monoisotopic (exact) mass is 412 g/mol. The number of nitrogens with one attached hydrogen (secondary N) is 1. The smallest absolute Gasteiger partial charge is 0.251 e. The van der Waals surface area contributed by atoms with E-state index in [1.807, 2.05) is 35.0 Å². The number of nitrogens with zero attached hydrogens (tertiary/aromatic N) is 3. The number of hydrogen-bond acceptors (Lipinski definition) is 3. The summed E-state index contributed by atoms with van der Waals surface area (Å²) in [5.74, 6) is -0.0606. The Hall–Kier alpha value is -3.44. The van der Waals surface area contributed by atoms with Gasteiger partial charge in [0, 0.05) is 30.2 Å². The molecule has 5 nitrogen and oxygen atoms in total. The summed E-state index contributed by atoms with van der Waals surface area (Å²) in [6.45, 7) is 6.72. The molecule has 3 aromatic carbocycles. The molecule has 158 valence electrons. The van der Waals surface area contributed by atoms with Gasteiger partial charge in [-0.15, -0.1) is 0 Å². The van der Waals surface area contributed by atoms with Crippen molar-refractivity contribution in [1.29, 1.82) is 0 Å². The molecule has 0 bridgehead atoms. The molecule has 0 radical (unpaired) electrons. The first-order valence-corrected chi connectivity index (χ1v) is 10.8. The van der Waals surface area contributed by atoms with Gasteiger partial charge in [0.1, 0.15) is 0 Å². The summed E-state index contributed by atoms with van der Waals surface area (Å²) in [5.41, 5.74) is 2.88. The summed E-state index contributed by atoms with van der Waals surface area (Å²) in [7, 11) is 0. The van der Waals surface area contributed by atoms with Crippen LogP contribution in [0.1, 0.15) is 35.8 Å². The Kier molecular flexibility index (Phi) is 6.43. The third-order valence-corrected chi connectivity index (χ3v) is 5.82. The van der Waals surface area contributed by atoms with Crippen LogP contribution in [0.15, 0.2) is 85.5 Å². The maximum atomic E-state index is 12.9. The highest BCUT2D eigenvalue weighted by Gasteiger charge is 2.21. The highest BCUT2D eigenvalue weighted by molar-refractivity contribution is 5.94. The molecule has 1 atom stereocenters. The Morgan fingerprint density at radius 2 is 1.74 bits per heavy atom. The van der Waals surface area contributed by atoms with Crippen molar-refractivity contribution >= 4 is 16.7 Å². The van der Waals surface area contributed by atoms with Crippen LogP contribution in [0, 0.1) is 0 Å². The number of hydrogen-bond donors (Lipinski definition) is 1. The van der Waals surface area contributed by atoms with E-state index in [9.17, 15) is 4.79 Å². The Labute approximate surface area is 183 Å². The fraction of sp³-hybridized carbons (Fsp3) is 0.231. The molecule has 1 N–H and O–H groups in total. The van der Waals surface area contributed by atoms with E-state index >= 15 is 0 Å². The van der Waals surface area contributed by atoms with Crippen LogP contribution in [0.2, 0.25) is 0 Å². The molecule has 0 aliphatic carbocycles. The molecule has 0 saturated carbocycles. The zero-order valence-corrected chi connectivity index (χ0v) is 18.0. The van der Waals surface area contributed by atoms with E-state index in [0.717, 1.165) is 18.8 Å². The van der Waals surface area contributed by atoms with Gasteiger partial charge in [0.15, 0.2) is 0 Å². The van der Waals surface area contributed by atoms with Gasteiger partial charge >= 0.3 is 0 Å². The van der Waals surface area contributed by atoms with E-state index in [0.29, 0.717) is 12.1 Å². The number of carbonyl (C=O) groups is 1. The van der Waals surface area contributed by atoms with Crippen molar-refractivity contribution in [3.63, 3.8) is 0 Å². The predicted molar refractivity (Wildman–Crippen MR) is 126 cm³/mol. The standard InChI is InChI=1S/C26H28N4O/c1-3-29(4-2)25(24-11-7-9-20-8-5-6-10-23(20)24)18-28-26(31)21-12-14-22(15-13-21)30-17-16-27-19-30/h5-17,19,25H,3-4,18H2,1-2H3,(H,28,31). The first-order chi connectivity index (χ1) is 15.2. The van der Waals surface area contributed by atoms with Gasteiger partial charge in [-0.2, -0.15) is 0 Å². The fourth-order valence-corrected chi connectivity index (χ4v) is 4.13. The van der Waals surface area contributed by atoms with Crippen molar-refractivity contribution in [2.24, 2.45) is 0 Å². The molecule has 31 heavy (non-hydrogen) atoms. The topological polar surface area (TPSA) is 50.2 Å². The fourth-order valence-electron chi connectivity index (χ4n) is 4.13. The molecule has 0 fully saturated rings. The van der Waals surface area contributed by atoms with Crippen molar-refractivity contribution in [2.75, 3.05) is 19.6 Å². The molecule has 4 rings (SSSR count). The van der Waals surface area contributed by atoms with Gasteiger partial charge in [0.2, 0.25) is 0 Å². The Bertz CT molecular complexity index is 1130. The Morgan fingerprint density at radius 1 is 1.00 bits per heavy atom. The van der Waals surface area contributed by atoms with Crippen molar-refractivity contribution < 1.29 is 4.79 Å². The molecule has 0 aliphatic rings. The van der Waals surface area contributed by atoms with Gasteiger partial charge in [-0.3, -0.25) is 9.69 Å². The third-order valence-electron chi connectivity index (χ3n) is 5.82. The van der Waals surface area contributed by atoms with E-state index in [2.05, 4.69) is 71.5 Å². The minimum absolute atomic E-state index is 0.0606. The van der Waals surface area contributed by atoms with E-state index in [1.54, 1.807) is 12.5 Å². The van der Waals surface area contributed by atoms with Crippen LogP contribution in [-0.4, -0.2) is 40.0 Å². The van der Waals surface area contributed by atoms with Crippen LogP contribution in [0.3, 0.4) is 0 Å². The molecular formula is C26H28N4O. The molecule has 1 unspecified atom stereocenters. The second-order valence-electron chi connectivity index (χ2n) is 7.53. The maximum absolute atomic E-state index is 12.9. The molecular weight excluding hydrogens is 384 g/mol. The number of benzene rings is 3. The summed E-state index contributed by atoms with van der Waals surface area (Å²) >= 11 is 0. The second-order valence-corrected chi connectivity index (χ2v) is 7.53. The van der Waals surface area contributed by atoms with E-state index in [-0.39, 0.29) is 11.9 Å². The lowest BCUT2D eigenvalue weighted by molar-refractivity contribution is 0.0935. The van der Waals surface area contributed by atoms with Crippen LogP contribution in [-0.2, 0) is 0 Å². The quantitative estimate of drug-likeness (QED) is 0.451. The average Bonchev–Trinajstić information content (AvgIpc) is 3.36. The van der Waals surface area contributed by atoms with Crippen molar-refractivity contribution in [3.05, 3.63) is 96.6 Å². The zero-order chi connectivity index (χ0) is 21.6. The molecule has 4 aromatic rings. The molecule has 0 aliphatic heterocycles. The van der Waals surface area contributed by atoms with Gasteiger partial charge in [0.25, 0.3) is 5.91 Å². The van der Waals surface area contributed by atoms with Crippen LogP contribution in [0.4, 0.5) is 0 Å². The SMILES string of the molecule is CCN(CC)C(CNC(=O)c1ccc(-n2ccnc2)cc1)c1cccc2ccccc12. The lowest BCUT2D eigenvalue weighted by Crippen LogP contribution is -2.38. The number of fused-ring (bicyclic) bond motifs is 1. The van der Waals surface area contributed by atoms with Gasteiger partial charge in [0.05, 0.1) is 12.4 Å². The van der Waals surface area contributed by atoms with Crippen LogP contribution in [0.25, 0.3) is 16.5 Å². The van der Waals surface area contributed by atoms with Crippen molar-refractivity contribution in [2.45, 2.75) is 19.9 Å². The molecule has 1 aromatic heterocycles. The lowest BCUT2D eigenvalue weighted by Gasteiger charge is -2.31. The third kappa shape index (κ3) is 4.52. The minimum Gasteiger partial charge on any atom is -0.350 e. The second kappa shape index (κ2) is 9.58. The highest BCUT2D eigenvalue weighted by atomic mass is 16.1. The summed E-state index contributed by atoms with van der Waals surface area (Å²) in [6, 6.07) is 22.5. The average molecular weight is 413 g/mol. The van der Waals surface area contributed by atoms with E-state index in [1.165, 1.54) is 16.3 Å². The number of aromatic nitrogens is 2. The normalized spacial score (nSPS) is 12.2. The van der Waals surface area contributed by atoms with Gasteiger partial charge in [-0.1, -0.05) is 56.3 Å². The summed E-state index contributed by atoms with van der Waals surface area (Å²) in [5, 5.41) is 5.62. The van der Waals surface area contributed by atoms with E-state index < -0.39 is 0 Å². The minimum atomic E-state index is -0.0606. The zero-order valence-electron chi connectivity index (χ0n) is 18.0. The number of imidazole rings is 1. The predicted octanol–water partition coefficient (Wildman–Crippen LogP) is 4.84. The van der Waals surface area contributed by atoms with Gasteiger partial charge in [-0.05, 0) is 53.7 Å². The summed E-state index contributed by atoms with van der Waals surface area (Å²) in [6.07, 6.45) is 5.36. The number of carbonyl (C=O) groups excluding carboxylic acids is 1. The molecule has 0 saturated heterocycles. The number of rotatable bonds is 8. The largest absolute Gasteiger partial charge is 0.350 e. The highest BCUT2D eigenvalue weighted by Crippen LogP contribution is 2.28. The number of amides is 1. The van der Waals surface area contributed by atoms with Gasteiger partial charge < -0.3 is 9.88 Å². The first kappa shape index (κ1) is 20.8. The molecule has 1 heterocycles. The molecule has 5 heteroatoms. The molecule has 1 amide bonds. The summed E-state index contributed by atoms with van der Waals surface area (Å²) < 4.78 is 1.92. The van der Waals surface area contributed by atoms with Crippen LogP contribution in [0.5, 0.6) is 0 Å². The number of likely N-dealkylation sites (N-methyl/N-ethyl adjacent to an activating group) is 1. The maximum Gasteiger partial charge on any atom is 0.251 e. The van der Waals surface area contributed by atoms with Crippen molar-refractivity contribution in [3.8, 4) is 5.69 Å². The first-order valence-electron chi connectivity index (χ1n) is 10.8. The van der Waals surface area contributed by atoms with E-state index in [4.69, 9.17) is 0 Å².